The van der Waals surface area contributed by atoms with Crippen molar-refractivity contribution in [2.45, 2.75) is 24.4 Å². The summed E-state index contributed by atoms with van der Waals surface area (Å²) in [7, 11) is 0. The van der Waals surface area contributed by atoms with Gasteiger partial charge in [-0.2, -0.15) is 0 Å². The van der Waals surface area contributed by atoms with Crippen LogP contribution < -0.4 is 10.5 Å². The van der Waals surface area contributed by atoms with Crippen LogP contribution in [0.15, 0.2) is 38.6 Å². The fourth-order valence-electron chi connectivity index (χ4n) is 3.51. The number of hydrogen-bond acceptors (Lipinski definition) is 8. The number of aromatic amines is 1. The van der Waals surface area contributed by atoms with Gasteiger partial charge in [-0.05, 0) is 19.1 Å². The normalized spacial score (nSPS) is 14.9. The number of H-pyrrole nitrogens is 1. The number of para-hydroxylation sites is 1. The largest absolute Gasteiger partial charge is 0.449 e. The van der Waals surface area contributed by atoms with Crippen LogP contribution in [-0.4, -0.2) is 51.0 Å². The predicted octanol–water partition coefficient (Wildman–Crippen LogP) is 2.41. The van der Waals surface area contributed by atoms with Crippen molar-refractivity contribution >= 4 is 39.8 Å². The van der Waals surface area contributed by atoms with Crippen LogP contribution in [0.4, 0.5) is 5.95 Å². The minimum atomic E-state index is -0.271. The summed E-state index contributed by atoms with van der Waals surface area (Å²) in [5.41, 5.74) is 1.23. The Hall–Kier alpha value is -2.85. The van der Waals surface area contributed by atoms with E-state index in [2.05, 4.69) is 36.6 Å². The smallest absolute Gasteiger partial charge is 0.294 e. The third-order valence-electron chi connectivity index (χ3n) is 4.93. The van der Waals surface area contributed by atoms with E-state index in [1.54, 1.807) is 0 Å². The van der Waals surface area contributed by atoms with Gasteiger partial charge in [0.25, 0.3) is 5.56 Å². The highest BCUT2D eigenvalue weighted by atomic mass is 32.2. The molecule has 150 valence electrons. The van der Waals surface area contributed by atoms with Crippen molar-refractivity contribution in [3.8, 4) is 0 Å². The molecule has 5 rings (SSSR count). The van der Waals surface area contributed by atoms with Crippen molar-refractivity contribution in [3.63, 3.8) is 0 Å². The average Bonchev–Trinajstić information content (AvgIpc) is 3.34. The molecule has 1 aromatic carbocycles. The Labute approximate surface area is 170 Å². The van der Waals surface area contributed by atoms with Gasteiger partial charge in [0.1, 0.15) is 16.9 Å². The van der Waals surface area contributed by atoms with E-state index in [4.69, 9.17) is 9.15 Å². The van der Waals surface area contributed by atoms with Crippen molar-refractivity contribution in [1.82, 2.24) is 24.7 Å². The molecule has 1 aliphatic rings. The van der Waals surface area contributed by atoms with Gasteiger partial charge in [0.2, 0.25) is 11.5 Å². The number of benzene rings is 1. The molecule has 0 radical (unpaired) electrons. The molecule has 1 N–H and O–H groups in total. The number of nitrogens with one attached hydrogen (secondary N) is 1. The molecular weight excluding hydrogens is 392 g/mol. The van der Waals surface area contributed by atoms with Gasteiger partial charge in [-0.15, -0.1) is 10.2 Å². The van der Waals surface area contributed by atoms with Crippen LogP contribution in [0.2, 0.25) is 0 Å². The molecule has 0 amide bonds. The fourth-order valence-corrected chi connectivity index (χ4v) is 4.38. The van der Waals surface area contributed by atoms with E-state index in [1.165, 1.54) is 11.8 Å². The molecule has 0 bridgehead atoms. The molecule has 4 aromatic rings. The number of aromatic nitrogens is 5. The lowest BCUT2D eigenvalue weighted by Gasteiger charge is -2.27. The molecule has 10 heteroatoms. The maximum absolute atomic E-state index is 12.5. The second-order valence-corrected chi connectivity index (χ2v) is 7.65. The Morgan fingerprint density at radius 2 is 2.03 bits per heavy atom. The van der Waals surface area contributed by atoms with Crippen molar-refractivity contribution < 1.29 is 9.15 Å². The molecule has 1 fully saturated rings. The molecular formula is C19H20N6O3S. The first-order chi connectivity index (χ1) is 14.2. The number of thioether (sulfide) groups is 1. The lowest BCUT2D eigenvalue weighted by atomic mass is 10.2. The van der Waals surface area contributed by atoms with E-state index in [-0.39, 0.29) is 11.1 Å². The molecule has 0 saturated carbocycles. The number of fused-ring (bicyclic) bond motifs is 3. The monoisotopic (exact) mass is 412 g/mol. The van der Waals surface area contributed by atoms with Crippen LogP contribution in [0.1, 0.15) is 12.7 Å². The number of ether oxygens (including phenoxy) is 1. The quantitative estimate of drug-likeness (QED) is 0.499. The summed E-state index contributed by atoms with van der Waals surface area (Å²) in [5.74, 6) is 1.92. The number of furan rings is 1. The molecule has 4 heterocycles. The maximum atomic E-state index is 12.5. The zero-order valence-corrected chi connectivity index (χ0v) is 16.7. The highest BCUT2D eigenvalue weighted by Gasteiger charge is 2.20. The lowest BCUT2D eigenvalue weighted by molar-refractivity contribution is 0.121. The second-order valence-electron chi connectivity index (χ2n) is 6.70. The first kappa shape index (κ1) is 18.2. The molecule has 0 aliphatic carbocycles. The molecule has 3 aromatic heterocycles. The number of nitrogens with zero attached hydrogens (tertiary/aromatic N) is 5. The van der Waals surface area contributed by atoms with Gasteiger partial charge in [-0.1, -0.05) is 23.9 Å². The highest BCUT2D eigenvalue weighted by molar-refractivity contribution is 7.98. The number of rotatable bonds is 5. The molecule has 0 spiro atoms. The van der Waals surface area contributed by atoms with E-state index < -0.39 is 0 Å². The van der Waals surface area contributed by atoms with Crippen LogP contribution in [0.25, 0.3) is 22.1 Å². The third-order valence-corrected chi connectivity index (χ3v) is 5.90. The molecule has 29 heavy (non-hydrogen) atoms. The van der Waals surface area contributed by atoms with Crippen molar-refractivity contribution in [3.05, 3.63) is 40.4 Å². The van der Waals surface area contributed by atoms with Gasteiger partial charge >= 0.3 is 0 Å². The van der Waals surface area contributed by atoms with Crippen molar-refractivity contribution in [1.29, 1.82) is 0 Å². The molecule has 1 aliphatic heterocycles. The summed E-state index contributed by atoms with van der Waals surface area (Å²) in [5, 5.41) is 10.4. The Morgan fingerprint density at radius 3 is 2.86 bits per heavy atom. The second kappa shape index (κ2) is 7.53. The van der Waals surface area contributed by atoms with Crippen LogP contribution in [0, 0.1) is 0 Å². The number of hydrogen-bond donors (Lipinski definition) is 1. The molecule has 9 nitrogen and oxygen atoms in total. The maximum Gasteiger partial charge on any atom is 0.294 e. The van der Waals surface area contributed by atoms with Crippen LogP contribution in [0.3, 0.4) is 0 Å². The number of morpholine rings is 1. The van der Waals surface area contributed by atoms with Gasteiger partial charge in [-0.3, -0.25) is 9.36 Å². The first-order valence-electron chi connectivity index (χ1n) is 9.53. The Bertz CT molecular complexity index is 1220. The Kier molecular flexibility index (Phi) is 4.72. The summed E-state index contributed by atoms with van der Waals surface area (Å²) in [6, 6.07) is 7.53. The van der Waals surface area contributed by atoms with E-state index in [1.807, 2.05) is 24.3 Å². The number of anilines is 1. The summed E-state index contributed by atoms with van der Waals surface area (Å²) in [6.45, 7) is 5.84. The minimum Gasteiger partial charge on any atom is -0.449 e. The highest BCUT2D eigenvalue weighted by Crippen LogP contribution is 2.27. The van der Waals surface area contributed by atoms with E-state index in [9.17, 15) is 4.79 Å². The Balaban J connectivity index is 1.42. The average molecular weight is 412 g/mol. The SMILES string of the molecule is CCn1c(SCc2nc3c(oc4ccccc43)c(=O)[nH]2)nnc1N1CCOCC1. The minimum absolute atomic E-state index is 0.256. The predicted molar refractivity (Wildman–Crippen MR) is 110 cm³/mol. The standard InChI is InChI=1S/C19H20N6O3S/c1-2-25-18(24-7-9-27-10-8-24)22-23-19(25)29-11-14-20-15-12-5-3-4-6-13(12)28-16(15)17(26)21-14/h3-6H,2,7-11H2,1H3,(H,20,21,26). The first-order valence-corrected chi connectivity index (χ1v) is 10.5. The van der Waals surface area contributed by atoms with Gasteiger partial charge < -0.3 is 19.0 Å². The topological polar surface area (TPSA) is 102 Å². The van der Waals surface area contributed by atoms with E-state index >= 15 is 0 Å². The van der Waals surface area contributed by atoms with Gasteiger partial charge in [0.05, 0.1) is 19.0 Å². The van der Waals surface area contributed by atoms with Crippen LogP contribution in [0.5, 0.6) is 0 Å². The van der Waals surface area contributed by atoms with Gasteiger partial charge in [0, 0.05) is 25.0 Å². The molecule has 1 saturated heterocycles. The van der Waals surface area contributed by atoms with E-state index in [0.29, 0.717) is 35.9 Å². The Morgan fingerprint density at radius 1 is 1.21 bits per heavy atom. The van der Waals surface area contributed by atoms with Gasteiger partial charge in [0.15, 0.2) is 5.16 Å². The summed E-state index contributed by atoms with van der Waals surface area (Å²) < 4.78 is 13.2. The van der Waals surface area contributed by atoms with Crippen LogP contribution >= 0.6 is 11.8 Å². The summed E-state index contributed by atoms with van der Waals surface area (Å²) in [6.07, 6.45) is 0. The fraction of sp³-hybridized carbons (Fsp3) is 0.368. The van der Waals surface area contributed by atoms with Gasteiger partial charge in [-0.25, -0.2) is 4.98 Å². The van der Waals surface area contributed by atoms with Crippen LogP contribution in [-0.2, 0) is 17.0 Å². The summed E-state index contributed by atoms with van der Waals surface area (Å²) >= 11 is 1.50. The summed E-state index contributed by atoms with van der Waals surface area (Å²) in [4.78, 5) is 22.1. The van der Waals surface area contributed by atoms with Crippen molar-refractivity contribution in [2.75, 3.05) is 31.2 Å². The van der Waals surface area contributed by atoms with Crippen molar-refractivity contribution in [2.24, 2.45) is 0 Å². The zero-order chi connectivity index (χ0) is 19.8. The lowest BCUT2D eigenvalue weighted by Crippen LogP contribution is -2.38. The third kappa shape index (κ3) is 3.28. The zero-order valence-electron chi connectivity index (χ0n) is 15.9. The van der Waals surface area contributed by atoms with E-state index in [0.717, 1.165) is 36.1 Å². The molecule has 0 atom stereocenters. The molecule has 0 unspecified atom stereocenters.